The lowest BCUT2D eigenvalue weighted by atomic mass is 9.96. The number of carbonyl (C=O) groups is 3. The van der Waals surface area contributed by atoms with Crippen molar-refractivity contribution in [3.05, 3.63) is 70.8 Å². The van der Waals surface area contributed by atoms with E-state index in [0.29, 0.717) is 30.6 Å². The molecular formula is C28H33N3O6. The Bertz CT molecular complexity index is 1150. The number of ether oxygens (including phenoxy) is 1. The number of nitrogens with zero attached hydrogens (tertiary/aromatic N) is 1. The van der Waals surface area contributed by atoms with E-state index in [1.807, 2.05) is 24.3 Å². The molecule has 1 aliphatic heterocycles. The number of hydrogen-bond donors (Lipinski definition) is 3. The molecule has 2 aromatic rings. The van der Waals surface area contributed by atoms with E-state index in [1.54, 1.807) is 24.3 Å². The minimum Gasteiger partial charge on any atom is -0.396 e. The summed E-state index contributed by atoms with van der Waals surface area (Å²) in [6.45, 7) is 1.99. The number of hydroxylamine groups is 1. The molecule has 1 fully saturated rings. The fraction of sp³-hybridized carbons (Fsp3) is 0.393. The Morgan fingerprint density at radius 2 is 1.68 bits per heavy atom. The van der Waals surface area contributed by atoms with Gasteiger partial charge in [-0.3, -0.25) is 14.4 Å². The third kappa shape index (κ3) is 6.95. The standard InChI is InChI=1S/C28H33N3O6/c1-28(26(34)29-2,27(35)30-37-24-6-4-5-19-36-24)31(3)25(33)23-15-13-21(14-16-23)8-7-20-9-11-22(12-10-20)17-18-32/h9-16,24,32H,4-6,17-19H2,1-3H3,(H,29,34)(H,30,35)/t24?,28-/m0/s1. The summed E-state index contributed by atoms with van der Waals surface area (Å²) in [5.41, 5.74) is 3.28. The van der Waals surface area contributed by atoms with Crippen LogP contribution in [0.5, 0.6) is 0 Å². The van der Waals surface area contributed by atoms with Crippen molar-refractivity contribution in [3.8, 4) is 11.8 Å². The van der Waals surface area contributed by atoms with E-state index >= 15 is 0 Å². The average Bonchev–Trinajstić information content (AvgIpc) is 2.94. The van der Waals surface area contributed by atoms with Crippen LogP contribution in [0.1, 0.15) is 53.2 Å². The first kappa shape index (κ1) is 27.9. The van der Waals surface area contributed by atoms with Gasteiger partial charge < -0.3 is 20.1 Å². The normalized spacial score (nSPS) is 16.5. The van der Waals surface area contributed by atoms with Crippen LogP contribution >= 0.6 is 0 Å². The van der Waals surface area contributed by atoms with Gasteiger partial charge in [0, 0.05) is 50.4 Å². The van der Waals surface area contributed by atoms with Crippen LogP contribution < -0.4 is 10.8 Å². The van der Waals surface area contributed by atoms with E-state index in [2.05, 4.69) is 22.6 Å². The Balaban J connectivity index is 1.70. The van der Waals surface area contributed by atoms with Gasteiger partial charge in [0.05, 0.1) is 0 Å². The Labute approximate surface area is 217 Å². The molecule has 37 heavy (non-hydrogen) atoms. The molecule has 2 aromatic carbocycles. The van der Waals surface area contributed by atoms with E-state index in [-0.39, 0.29) is 6.61 Å². The maximum Gasteiger partial charge on any atom is 0.279 e. The molecule has 9 heteroatoms. The smallest absolute Gasteiger partial charge is 0.279 e. The first-order valence-corrected chi connectivity index (χ1v) is 12.2. The maximum atomic E-state index is 13.2. The number of nitrogens with one attached hydrogen (secondary N) is 2. The quantitative estimate of drug-likeness (QED) is 0.285. The van der Waals surface area contributed by atoms with Gasteiger partial charge in [0.2, 0.25) is 0 Å². The molecule has 1 unspecified atom stereocenters. The third-order valence-electron chi connectivity index (χ3n) is 6.35. The number of rotatable bonds is 8. The van der Waals surface area contributed by atoms with Crippen LogP contribution in [0.15, 0.2) is 48.5 Å². The largest absolute Gasteiger partial charge is 0.396 e. The number of aliphatic hydroxyl groups is 1. The van der Waals surface area contributed by atoms with Gasteiger partial charge in [-0.25, -0.2) is 10.3 Å². The van der Waals surface area contributed by atoms with Crippen molar-refractivity contribution in [1.29, 1.82) is 0 Å². The molecule has 1 saturated heterocycles. The van der Waals surface area contributed by atoms with Crippen molar-refractivity contribution in [2.45, 2.75) is 44.4 Å². The Morgan fingerprint density at radius 1 is 1.05 bits per heavy atom. The molecule has 0 bridgehead atoms. The summed E-state index contributed by atoms with van der Waals surface area (Å²) in [5, 5.41) is 11.5. The van der Waals surface area contributed by atoms with E-state index in [1.165, 1.54) is 21.0 Å². The minimum atomic E-state index is -1.87. The number of likely N-dealkylation sites (N-methyl/N-ethyl adjacent to an activating group) is 2. The molecule has 0 spiro atoms. The lowest BCUT2D eigenvalue weighted by Gasteiger charge is -2.36. The summed E-state index contributed by atoms with van der Waals surface area (Å²) in [6, 6.07) is 14.2. The van der Waals surface area contributed by atoms with Crippen molar-refractivity contribution >= 4 is 17.7 Å². The lowest BCUT2D eigenvalue weighted by Crippen LogP contribution is -2.65. The molecule has 9 nitrogen and oxygen atoms in total. The average molecular weight is 508 g/mol. The van der Waals surface area contributed by atoms with Crippen molar-refractivity contribution in [2.24, 2.45) is 0 Å². The third-order valence-corrected chi connectivity index (χ3v) is 6.35. The molecule has 3 rings (SSSR count). The molecule has 0 saturated carbocycles. The molecule has 2 atom stereocenters. The van der Waals surface area contributed by atoms with Crippen LogP contribution in [-0.2, 0) is 25.6 Å². The second-order valence-corrected chi connectivity index (χ2v) is 8.86. The molecular weight excluding hydrogens is 474 g/mol. The van der Waals surface area contributed by atoms with Crippen LogP contribution in [0.25, 0.3) is 0 Å². The Kier molecular flexibility index (Phi) is 9.80. The van der Waals surface area contributed by atoms with Gasteiger partial charge in [-0.15, -0.1) is 0 Å². The summed E-state index contributed by atoms with van der Waals surface area (Å²) in [7, 11) is 2.79. The fourth-order valence-corrected chi connectivity index (χ4v) is 3.79. The summed E-state index contributed by atoms with van der Waals surface area (Å²) < 4.78 is 5.44. The van der Waals surface area contributed by atoms with Gasteiger partial charge in [0.1, 0.15) is 0 Å². The van der Waals surface area contributed by atoms with Gasteiger partial charge in [-0.05, 0) is 68.1 Å². The van der Waals surface area contributed by atoms with Gasteiger partial charge in [-0.1, -0.05) is 24.0 Å². The highest BCUT2D eigenvalue weighted by atomic mass is 16.8. The predicted molar refractivity (Wildman–Crippen MR) is 137 cm³/mol. The van der Waals surface area contributed by atoms with Gasteiger partial charge in [-0.2, -0.15) is 0 Å². The summed E-state index contributed by atoms with van der Waals surface area (Å²) in [4.78, 5) is 45.5. The molecule has 0 aliphatic carbocycles. The second kappa shape index (κ2) is 13.0. The van der Waals surface area contributed by atoms with Gasteiger partial charge in [0.15, 0.2) is 11.8 Å². The molecule has 3 N–H and O–H groups in total. The fourth-order valence-electron chi connectivity index (χ4n) is 3.79. The highest BCUT2D eigenvalue weighted by Crippen LogP contribution is 2.20. The SMILES string of the molecule is CNC(=O)[C@@](C)(C(=O)NOC1CCCCO1)N(C)C(=O)c1ccc(C#Cc2ccc(CCO)cc2)cc1. The molecule has 0 aromatic heterocycles. The van der Waals surface area contributed by atoms with Gasteiger partial charge in [0.25, 0.3) is 17.7 Å². The molecule has 196 valence electrons. The maximum absolute atomic E-state index is 13.2. The second-order valence-electron chi connectivity index (χ2n) is 8.86. The monoisotopic (exact) mass is 507 g/mol. The summed E-state index contributed by atoms with van der Waals surface area (Å²) in [6.07, 6.45) is 2.45. The van der Waals surface area contributed by atoms with Crippen molar-refractivity contribution in [1.82, 2.24) is 15.7 Å². The van der Waals surface area contributed by atoms with E-state index < -0.39 is 29.6 Å². The summed E-state index contributed by atoms with van der Waals surface area (Å²) in [5.74, 6) is 4.15. The first-order valence-electron chi connectivity index (χ1n) is 12.2. The zero-order valence-electron chi connectivity index (χ0n) is 21.4. The van der Waals surface area contributed by atoms with Crippen molar-refractivity contribution < 1.29 is 29.1 Å². The highest BCUT2D eigenvalue weighted by molar-refractivity contribution is 6.12. The van der Waals surface area contributed by atoms with E-state index in [0.717, 1.165) is 28.9 Å². The first-order chi connectivity index (χ1) is 17.8. The summed E-state index contributed by atoms with van der Waals surface area (Å²) >= 11 is 0. The van der Waals surface area contributed by atoms with Crippen molar-refractivity contribution in [3.63, 3.8) is 0 Å². The molecule has 0 radical (unpaired) electrons. The number of hydrogen-bond acceptors (Lipinski definition) is 6. The van der Waals surface area contributed by atoms with Crippen LogP contribution in [0, 0.1) is 11.8 Å². The predicted octanol–water partition coefficient (Wildman–Crippen LogP) is 1.77. The highest BCUT2D eigenvalue weighted by Gasteiger charge is 2.47. The van der Waals surface area contributed by atoms with E-state index in [4.69, 9.17) is 14.7 Å². The van der Waals surface area contributed by atoms with E-state index in [9.17, 15) is 14.4 Å². The van der Waals surface area contributed by atoms with Crippen LogP contribution in [0.2, 0.25) is 0 Å². The number of carbonyl (C=O) groups excluding carboxylic acids is 3. The molecule has 1 heterocycles. The molecule has 1 aliphatic rings. The van der Waals surface area contributed by atoms with Crippen molar-refractivity contribution in [2.75, 3.05) is 27.3 Å². The van der Waals surface area contributed by atoms with Crippen LogP contribution in [0.3, 0.4) is 0 Å². The molecule has 3 amide bonds. The van der Waals surface area contributed by atoms with Crippen LogP contribution in [-0.4, -0.2) is 66.9 Å². The Hall–Kier alpha value is -3.71. The van der Waals surface area contributed by atoms with Gasteiger partial charge >= 0.3 is 0 Å². The number of benzene rings is 2. The topological polar surface area (TPSA) is 117 Å². The lowest BCUT2D eigenvalue weighted by molar-refractivity contribution is -0.204. The zero-order valence-corrected chi connectivity index (χ0v) is 21.4. The minimum absolute atomic E-state index is 0.0986. The number of amides is 3. The zero-order chi connectivity index (χ0) is 26.8. The van der Waals surface area contributed by atoms with Crippen LogP contribution in [0.4, 0.5) is 0 Å². The number of aliphatic hydroxyl groups excluding tert-OH is 1. The Morgan fingerprint density at radius 3 is 2.22 bits per heavy atom.